The summed E-state index contributed by atoms with van der Waals surface area (Å²) in [7, 11) is 5.70. The quantitative estimate of drug-likeness (QED) is 0.217. The van der Waals surface area contributed by atoms with Crippen LogP contribution in [0.3, 0.4) is 0 Å². The lowest BCUT2D eigenvalue weighted by Gasteiger charge is -2.11. The highest BCUT2D eigenvalue weighted by Crippen LogP contribution is 2.18. The minimum atomic E-state index is 0. The minimum absolute atomic E-state index is 0. The van der Waals surface area contributed by atoms with E-state index in [0.29, 0.717) is 6.54 Å². The Bertz CT molecular complexity index is 703. The molecule has 6 nitrogen and oxygen atoms in total. The second kappa shape index (κ2) is 13.6. The van der Waals surface area contributed by atoms with Crippen molar-refractivity contribution in [1.29, 1.82) is 0 Å². The molecule has 0 amide bonds. The summed E-state index contributed by atoms with van der Waals surface area (Å²) >= 11 is 1.64. The molecule has 1 heterocycles. The van der Waals surface area contributed by atoms with Gasteiger partial charge in [0.1, 0.15) is 5.75 Å². The summed E-state index contributed by atoms with van der Waals surface area (Å²) in [6, 6.07) is 8.30. The second-order valence-corrected chi connectivity index (χ2v) is 7.28. The molecule has 8 heteroatoms. The van der Waals surface area contributed by atoms with Crippen LogP contribution in [-0.4, -0.2) is 45.2 Å². The van der Waals surface area contributed by atoms with Crippen LogP contribution in [0.4, 0.5) is 5.13 Å². The second-order valence-electron chi connectivity index (χ2n) is 6.44. The highest BCUT2D eigenvalue weighted by atomic mass is 127. The number of rotatable bonds is 10. The van der Waals surface area contributed by atoms with E-state index in [4.69, 9.17) is 4.74 Å². The molecular weight excluding hydrogens is 485 g/mol. The van der Waals surface area contributed by atoms with E-state index in [0.717, 1.165) is 54.9 Å². The summed E-state index contributed by atoms with van der Waals surface area (Å²) in [4.78, 5) is 11.2. The molecule has 0 saturated heterocycles. The molecule has 0 atom stereocenters. The van der Waals surface area contributed by atoms with E-state index in [1.807, 2.05) is 31.1 Å². The summed E-state index contributed by atoms with van der Waals surface area (Å²) in [5.74, 6) is 1.76. The zero-order valence-corrected chi connectivity index (χ0v) is 20.3. The molecule has 1 aromatic heterocycles. The molecular formula is C20H32IN5OS. The number of unbranched alkanes of at least 4 members (excludes halogenated alkanes) is 1. The number of ether oxygens (including phenoxy) is 1. The summed E-state index contributed by atoms with van der Waals surface area (Å²) in [6.45, 7) is 4.42. The Balaban J connectivity index is 0.00000392. The number of hydrogen-bond acceptors (Lipinski definition) is 5. The minimum Gasteiger partial charge on any atom is -0.497 e. The maximum atomic E-state index is 5.19. The number of halogens is 1. The number of guanidine groups is 1. The van der Waals surface area contributed by atoms with Crippen molar-refractivity contribution in [2.45, 2.75) is 32.7 Å². The molecule has 0 spiro atoms. The topological polar surface area (TPSA) is 61.8 Å². The molecule has 2 N–H and O–H groups in total. The lowest BCUT2D eigenvalue weighted by Crippen LogP contribution is -2.37. The molecule has 2 aromatic rings. The van der Waals surface area contributed by atoms with Crippen molar-refractivity contribution < 1.29 is 4.74 Å². The molecule has 0 saturated carbocycles. The van der Waals surface area contributed by atoms with Gasteiger partial charge in [0, 0.05) is 32.6 Å². The fourth-order valence-corrected chi connectivity index (χ4v) is 3.28. The maximum absolute atomic E-state index is 5.19. The molecule has 0 aliphatic heterocycles. The van der Waals surface area contributed by atoms with Crippen LogP contribution in [0.2, 0.25) is 0 Å². The Hall–Kier alpha value is -1.55. The predicted octanol–water partition coefficient (Wildman–Crippen LogP) is 3.91. The van der Waals surface area contributed by atoms with Crippen molar-refractivity contribution in [1.82, 2.24) is 15.6 Å². The van der Waals surface area contributed by atoms with E-state index in [2.05, 4.69) is 45.0 Å². The molecule has 0 fully saturated rings. The SMILES string of the molecule is CCNC(=NCc1csc(N(C)C)n1)NCCCCc1ccc(OC)cc1.I. The van der Waals surface area contributed by atoms with Gasteiger partial charge in [0.25, 0.3) is 0 Å². The number of methoxy groups -OCH3 is 1. The monoisotopic (exact) mass is 517 g/mol. The number of anilines is 1. The Morgan fingerprint density at radius 3 is 2.54 bits per heavy atom. The number of benzene rings is 1. The molecule has 2 rings (SSSR count). The highest BCUT2D eigenvalue weighted by molar-refractivity contribution is 14.0. The van der Waals surface area contributed by atoms with Gasteiger partial charge in [-0.25, -0.2) is 9.98 Å². The third-order valence-corrected chi connectivity index (χ3v) is 5.07. The van der Waals surface area contributed by atoms with Crippen molar-refractivity contribution in [3.63, 3.8) is 0 Å². The normalized spacial score (nSPS) is 10.9. The van der Waals surface area contributed by atoms with Crippen LogP contribution in [0, 0.1) is 0 Å². The molecule has 156 valence electrons. The van der Waals surface area contributed by atoms with Crippen molar-refractivity contribution in [2.75, 3.05) is 39.2 Å². The van der Waals surface area contributed by atoms with Gasteiger partial charge in [-0.3, -0.25) is 0 Å². The van der Waals surface area contributed by atoms with Gasteiger partial charge in [0.05, 0.1) is 19.3 Å². The Labute approximate surface area is 189 Å². The number of nitrogens with zero attached hydrogens (tertiary/aromatic N) is 3. The van der Waals surface area contributed by atoms with E-state index in [9.17, 15) is 0 Å². The van der Waals surface area contributed by atoms with Crippen molar-refractivity contribution in [2.24, 2.45) is 4.99 Å². The van der Waals surface area contributed by atoms with Crippen molar-refractivity contribution in [3.8, 4) is 5.75 Å². The lowest BCUT2D eigenvalue weighted by molar-refractivity contribution is 0.414. The summed E-state index contributed by atoms with van der Waals surface area (Å²) < 4.78 is 5.19. The Kier molecular flexibility index (Phi) is 11.9. The Morgan fingerprint density at radius 2 is 1.93 bits per heavy atom. The highest BCUT2D eigenvalue weighted by Gasteiger charge is 2.04. The number of aryl methyl sites for hydroxylation is 1. The molecule has 0 unspecified atom stereocenters. The molecule has 0 bridgehead atoms. The number of aliphatic imine (C=N–C) groups is 1. The fourth-order valence-electron chi connectivity index (χ4n) is 2.53. The summed E-state index contributed by atoms with van der Waals surface area (Å²) in [5.41, 5.74) is 2.34. The summed E-state index contributed by atoms with van der Waals surface area (Å²) in [5, 5.41) is 9.78. The van der Waals surface area contributed by atoms with Gasteiger partial charge >= 0.3 is 0 Å². The number of nitrogens with one attached hydrogen (secondary N) is 2. The number of aromatic nitrogens is 1. The standard InChI is InChI=1S/C20H31N5OS.HI/c1-5-21-19(23-14-17-15-27-20(24-17)25(2)3)22-13-7-6-8-16-9-11-18(26-4)12-10-16;/h9-12,15H,5-8,13-14H2,1-4H3,(H2,21,22,23);1H. The van der Waals surface area contributed by atoms with Crippen LogP contribution in [0.15, 0.2) is 34.6 Å². The van der Waals surface area contributed by atoms with Gasteiger partial charge in [0.2, 0.25) is 0 Å². The van der Waals surface area contributed by atoms with E-state index < -0.39 is 0 Å². The van der Waals surface area contributed by atoms with Gasteiger partial charge in [-0.1, -0.05) is 12.1 Å². The van der Waals surface area contributed by atoms with E-state index in [1.165, 1.54) is 5.56 Å². The van der Waals surface area contributed by atoms with E-state index >= 15 is 0 Å². The first-order chi connectivity index (χ1) is 13.1. The van der Waals surface area contributed by atoms with Crippen molar-refractivity contribution >= 4 is 46.4 Å². The third kappa shape index (κ3) is 8.64. The van der Waals surface area contributed by atoms with Crippen LogP contribution in [0.25, 0.3) is 0 Å². The first-order valence-electron chi connectivity index (χ1n) is 9.39. The predicted molar refractivity (Wildman–Crippen MR) is 131 cm³/mol. The molecule has 0 aliphatic carbocycles. The van der Waals surface area contributed by atoms with Crippen LogP contribution < -0.4 is 20.3 Å². The average molecular weight is 517 g/mol. The number of hydrogen-bond donors (Lipinski definition) is 2. The number of thiazole rings is 1. The van der Waals surface area contributed by atoms with Gasteiger partial charge in [0.15, 0.2) is 11.1 Å². The van der Waals surface area contributed by atoms with Crippen LogP contribution in [0.5, 0.6) is 5.75 Å². The molecule has 1 aromatic carbocycles. The molecule has 0 radical (unpaired) electrons. The molecule has 0 aliphatic rings. The van der Waals surface area contributed by atoms with Crippen LogP contribution >= 0.6 is 35.3 Å². The summed E-state index contributed by atoms with van der Waals surface area (Å²) in [6.07, 6.45) is 3.31. The maximum Gasteiger partial charge on any atom is 0.191 e. The van der Waals surface area contributed by atoms with Crippen LogP contribution in [-0.2, 0) is 13.0 Å². The van der Waals surface area contributed by atoms with E-state index in [1.54, 1.807) is 18.4 Å². The lowest BCUT2D eigenvalue weighted by atomic mass is 10.1. The first-order valence-corrected chi connectivity index (χ1v) is 10.3. The zero-order valence-electron chi connectivity index (χ0n) is 17.2. The van der Waals surface area contributed by atoms with Gasteiger partial charge in [-0.15, -0.1) is 35.3 Å². The van der Waals surface area contributed by atoms with Gasteiger partial charge < -0.3 is 20.3 Å². The first kappa shape index (κ1) is 24.5. The zero-order chi connectivity index (χ0) is 19.5. The average Bonchev–Trinajstić information content (AvgIpc) is 3.15. The van der Waals surface area contributed by atoms with Crippen molar-refractivity contribution in [3.05, 3.63) is 40.9 Å². The smallest absolute Gasteiger partial charge is 0.191 e. The third-order valence-electron chi connectivity index (χ3n) is 4.01. The fraction of sp³-hybridized carbons (Fsp3) is 0.500. The Morgan fingerprint density at radius 1 is 1.18 bits per heavy atom. The van der Waals surface area contributed by atoms with Crippen LogP contribution in [0.1, 0.15) is 31.0 Å². The largest absolute Gasteiger partial charge is 0.497 e. The molecule has 28 heavy (non-hydrogen) atoms. The van der Waals surface area contributed by atoms with Gasteiger partial charge in [-0.05, 0) is 43.9 Å². The van der Waals surface area contributed by atoms with Gasteiger partial charge in [-0.2, -0.15) is 0 Å². The van der Waals surface area contributed by atoms with E-state index in [-0.39, 0.29) is 24.0 Å².